The Hall–Kier alpha value is -3.35. The van der Waals surface area contributed by atoms with E-state index < -0.39 is 18.0 Å². The molecule has 2 aliphatic rings. The maximum absolute atomic E-state index is 13.6. The van der Waals surface area contributed by atoms with E-state index in [0.29, 0.717) is 18.0 Å². The molecule has 2 unspecified atom stereocenters. The first-order valence-corrected chi connectivity index (χ1v) is 11.7. The molecule has 1 fully saturated rings. The zero-order chi connectivity index (χ0) is 23.4. The quantitative estimate of drug-likeness (QED) is 0.642. The smallest absolute Gasteiger partial charge is 0.319 e. The van der Waals surface area contributed by atoms with Crippen LogP contribution in [-0.2, 0) is 9.59 Å². The maximum Gasteiger partial charge on any atom is 0.319 e. The second kappa shape index (κ2) is 10.1. The maximum atomic E-state index is 13.6. The third kappa shape index (κ3) is 5.35. The van der Waals surface area contributed by atoms with Gasteiger partial charge in [0.15, 0.2) is 0 Å². The van der Waals surface area contributed by atoms with Crippen molar-refractivity contribution in [3.63, 3.8) is 0 Å². The Balaban J connectivity index is 1.64. The van der Waals surface area contributed by atoms with Gasteiger partial charge in [-0.05, 0) is 67.3 Å². The van der Waals surface area contributed by atoms with Crippen LogP contribution < -0.4 is 21.3 Å². The van der Waals surface area contributed by atoms with Gasteiger partial charge in [-0.3, -0.25) is 9.59 Å². The van der Waals surface area contributed by atoms with Gasteiger partial charge in [0.1, 0.15) is 12.6 Å². The van der Waals surface area contributed by atoms with Crippen LogP contribution in [0.2, 0.25) is 0 Å². The number of aryl methyl sites for hydroxylation is 1. The minimum absolute atomic E-state index is 0.118. The normalized spacial score (nSPS) is 21.1. The number of urea groups is 1. The monoisotopic (exact) mass is 448 g/mol. The summed E-state index contributed by atoms with van der Waals surface area (Å²) >= 11 is 0. The van der Waals surface area contributed by atoms with Gasteiger partial charge in [0.25, 0.3) is 0 Å². The molecular formula is C26H32N4O3. The van der Waals surface area contributed by atoms with Crippen LogP contribution >= 0.6 is 0 Å². The number of nitrogens with two attached hydrogens (primary N) is 1. The van der Waals surface area contributed by atoms with Crippen molar-refractivity contribution in [1.82, 2.24) is 5.32 Å². The molecule has 0 spiro atoms. The summed E-state index contributed by atoms with van der Waals surface area (Å²) in [6.45, 7) is 1.73. The van der Waals surface area contributed by atoms with Crippen LogP contribution in [-0.4, -0.2) is 30.4 Å². The molecule has 2 aromatic rings. The molecule has 4 N–H and O–H groups in total. The molecule has 0 radical (unpaired) electrons. The van der Waals surface area contributed by atoms with Gasteiger partial charge >= 0.3 is 6.03 Å². The second-order valence-electron chi connectivity index (χ2n) is 9.21. The van der Waals surface area contributed by atoms with E-state index in [1.54, 1.807) is 0 Å². The third-order valence-electron chi connectivity index (χ3n) is 6.79. The molecule has 1 heterocycles. The molecular weight excluding hydrogens is 416 g/mol. The molecule has 1 aliphatic carbocycles. The first-order valence-electron chi connectivity index (χ1n) is 11.7. The molecule has 2 aromatic carbocycles. The van der Waals surface area contributed by atoms with E-state index in [0.717, 1.165) is 29.7 Å². The van der Waals surface area contributed by atoms with Crippen molar-refractivity contribution in [3.8, 4) is 0 Å². The van der Waals surface area contributed by atoms with Crippen LogP contribution in [0.5, 0.6) is 0 Å². The Morgan fingerprint density at radius 2 is 1.82 bits per heavy atom. The highest BCUT2D eigenvalue weighted by Crippen LogP contribution is 2.44. The van der Waals surface area contributed by atoms with Crippen LogP contribution in [0.1, 0.15) is 55.6 Å². The van der Waals surface area contributed by atoms with Crippen LogP contribution in [0.4, 0.5) is 16.2 Å². The minimum Gasteiger partial charge on any atom is -0.368 e. The number of benzene rings is 2. The van der Waals surface area contributed by atoms with E-state index in [4.69, 9.17) is 5.73 Å². The first-order chi connectivity index (χ1) is 15.9. The second-order valence-corrected chi connectivity index (χ2v) is 9.21. The number of anilines is 2. The van der Waals surface area contributed by atoms with Crippen molar-refractivity contribution in [3.05, 3.63) is 59.7 Å². The predicted octanol–water partition coefficient (Wildman–Crippen LogP) is 4.07. The number of rotatable bonds is 5. The summed E-state index contributed by atoms with van der Waals surface area (Å²) in [5.74, 6) is -0.339. The largest absolute Gasteiger partial charge is 0.368 e. The molecule has 0 bridgehead atoms. The topological polar surface area (TPSA) is 105 Å². The van der Waals surface area contributed by atoms with Crippen LogP contribution in [0.3, 0.4) is 0 Å². The van der Waals surface area contributed by atoms with E-state index >= 15 is 0 Å². The number of nitrogens with one attached hydrogen (secondary N) is 2. The van der Waals surface area contributed by atoms with Crippen LogP contribution in [0.25, 0.3) is 0 Å². The predicted molar refractivity (Wildman–Crippen MR) is 129 cm³/mol. The standard InChI is InChI=1S/C26H32N4O3/c1-17-8-7-11-19(14-17)28-26(33)29-22-15-21(18-9-3-2-4-10-18)20-12-5-6-13-23(20)30(25(22)32)16-24(27)31/h5-8,11-14,18,21-22H,2-4,9-10,15-16H2,1H3,(H2,27,31)(H2,28,29,33). The van der Waals surface area contributed by atoms with Gasteiger partial charge in [0.05, 0.1) is 0 Å². The fourth-order valence-electron chi connectivity index (χ4n) is 5.31. The number of hydrogen-bond donors (Lipinski definition) is 3. The molecule has 4 rings (SSSR count). The average Bonchev–Trinajstić information content (AvgIpc) is 2.90. The van der Waals surface area contributed by atoms with E-state index in [1.807, 2.05) is 55.5 Å². The van der Waals surface area contributed by atoms with Gasteiger partial charge < -0.3 is 21.3 Å². The first kappa shape index (κ1) is 22.8. The Labute approximate surface area is 194 Å². The summed E-state index contributed by atoms with van der Waals surface area (Å²) in [5, 5.41) is 5.72. The number of hydrogen-bond acceptors (Lipinski definition) is 3. The van der Waals surface area contributed by atoms with Crippen LogP contribution in [0, 0.1) is 12.8 Å². The summed E-state index contributed by atoms with van der Waals surface area (Å²) < 4.78 is 0. The lowest BCUT2D eigenvalue weighted by atomic mass is 9.74. The lowest BCUT2D eigenvalue weighted by Crippen LogP contribution is -2.51. The Morgan fingerprint density at radius 3 is 2.55 bits per heavy atom. The lowest BCUT2D eigenvalue weighted by molar-refractivity contribution is -0.123. The zero-order valence-electron chi connectivity index (χ0n) is 19.0. The number of amides is 4. The number of para-hydroxylation sites is 1. The Morgan fingerprint density at radius 1 is 1.06 bits per heavy atom. The van der Waals surface area contributed by atoms with Gasteiger partial charge in [0.2, 0.25) is 11.8 Å². The van der Waals surface area contributed by atoms with E-state index in [1.165, 1.54) is 24.2 Å². The highest BCUT2D eigenvalue weighted by Gasteiger charge is 2.39. The highest BCUT2D eigenvalue weighted by atomic mass is 16.2. The highest BCUT2D eigenvalue weighted by molar-refractivity contribution is 6.04. The number of fused-ring (bicyclic) bond motifs is 1. The third-order valence-corrected chi connectivity index (χ3v) is 6.79. The summed E-state index contributed by atoms with van der Waals surface area (Å²) in [6.07, 6.45) is 6.29. The number of nitrogens with zero attached hydrogens (tertiary/aromatic N) is 1. The lowest BCUT2D eigenvalue weighted by Gasteiger charge is -2.31. The SMILES string of the molecule is Cc1cccc(NC(=O)NC2CC(C3CCCCC3)c3ccccc3N(CC(N)=O)C2=O)c1. The average molecular weight is 449 g/mol. The van der Waals surface area contributed by atoms with E-state index in [-0.39, 0.29) is 18.4 Å². The molecule has 2 atom stereocenters. The fourth-order valence-corrected chi connectivity index (χ4v) is 5.31. The van der Waals surface area contributed by atoms with Crippen molar-refractivity contribution >= 4 is 29.2 Å². The molecule has 1 saturated carbocycles. The summed E-state index contributed by atoms with van der Waals surface area (Å²) in [6, 6.07) is 14.1. The molecule has 7 nitrogen and oxygen atoms in total. The molecule has 174 valence electrons. The molecule has 0 aromatic heterocycles. The number of carbonyl (C=O) groups excluding carboxylic acids is 3. The zero-order valence-corrected chi connectivity index (χ0v) is 19.0. The van der Waals surface area contributed by atoms with Crippen molar-refractivity contribution in [2.75, 3.05) is 16.8 Å². The van der Waals surface area contributed by atoms with Gasteiger partial charge in [-0.1, -0.05) is 49.6 Å². The molecule has 4 amide bonds. The van der Waals surface area contributed by atoms with Crippen molar-refractivity contribution in [2.45, 2.75) is 57.4 Å². The Bertz CT molecular complexity index is 1030. The van der Waals surface area contributed by atoms with Gasteiger partial charge in [-0.2, -0.15) is 0 Å². The number of carbonyl (C=O) groups is 3. The van der Waals surface area contributed by atoms with Gasteiger partial charge in [-0.15, -0.1) is 0 Å². The van der Waals surface area contributed by atoms with Crippen molar-refractivity contribution in [2.24, 2.45) is 11.7 Å². The van der Waals surface area contributed by atoms with Gasteiger partial charge in [-0.25, -0.2) is 4.79 Å². The summed E-state index contributed by atoms with van der Waals surface area (Å²) in [7, 11) is 0. The molecule has 7 heteroatoms. The van der Waals surface area contributed by atoms with E-state index in [9.17, 15) is 14.4 Å². The Kier molecular flexibility index (Phi) is 6.96. The summed E-state index contributed by atoms with van der Waals surface area (Å²) in [4.78, 5) is 39.7. The molecule has 1 aliphatic heterocycles. The van der Waals surface area contributed by atoms with Crippen molar-refractivity contribution in [1.29, 1.82) is 0 Å². The minimum atomic E-state index is -0.756. The molecule has 33 heavy (non-hydrogen) atoms. The number of primary amides is 1. The fraction of sp³-hybridized carbons (Fsp3) is 0.423. The van der Waals surface area contributed by atoms with E-state index in [2.05, 4.69) is 10.6 Å². The van der Waals surface area contributed by atoms with Gasteiger partial charge in [0, 0.05) is 11.4 Å². The van der Waals surface area contributed by atoms with Crippen LogP contribution in [0.15, 0.2) is 48.5 Å². The van der Waals surface area contributed by atoms with Crippen molar-refractivity contribution < 1.29 is 14.4 Å². The summed E-state index contributed by atoms with van der Waals surface area (Å²) in [5.41, 5.74) is 8.97. The molecule has 0 saturated heterocycles.